The van der Waals surface area contributed by atoms with Crippen molar-refractivity contribution in [2.45, 2.75) is 32.9 Å². The fourth-order valence-electron chi connectivity index (χ4n) is 2.07. The van der Waals surface area contributed by atoms with Crippen LogP contribution in [0.2, 0.25) is 0 Å². The lowest BCUT2D eigenvalue weighted by Crippen LogP contribution is -2.31. The first-order valence-corrected chi connectivity index (χ1v) is 6.64. The van der Waals surface area contributed by atoms with Gasteiger partial charge in [0.25, 0.3) is 0 Å². The molecule has 1 unspecified atom stereocenters. The van der Waals surface area contributed by atoms with E-state index in [1.165, 1.54) is 11.1 Å². The van der Waals surface area contributed by atoms with Gasteiger partial charge in [-0.15, -0.1) is 0 Å². The van der Waals surface area contributed by atoms with Gasteiger partial charge in [-0.25, -0.2) is 0 Å². The molecule has 0 fully saturated rings. The number of benzene rings is 1. The smallest absolute Gasteiger partial charge is 0.115 e. The van der Waals surface area contributed by atoms with Crippen LogP contribution in [0.4, 0.5) is 0 Å². The molecule has 4 nitrogen and oxygen atoms in total. The van der Waals surface area contributed by atoms with Crippen LogP contribution in [-0.2, 0) is 13.0 Å². The predicted molar refractivity (Wildman–Crippen MR) is 76.2 cm³/mol. The average molecular weight is 259 g/mol. The van der Waals surface area contributed by atoms with Crippen LogP contribution in [0.25, 0.3) is 0 Å². The molecule has 0 spiro atoms. The first-order valence-electron chi connectivity index (χ1n) is 6.64. The standard InChI is InChI=1S/C15H21N3O/c1-12-10-17-18(11-12)8-7-16-13(2)9-14-3-5-15(19)6-4-14/h3-6,10-11,13,16,19H,7-9H2,1-2H3. The van der Waals surface area contributed by atoms with Crippen molar-refractivity contribution < 1.29 is 5.11 Å². The molecule has 2 aromatic rings. The van der Waals surface area contributed by atoms with Gasteiger partial charge >= 0.3 is 0 Å². The Kier molecular flexibility index (Phi) is 4.58. The normalized spacial score (nSPS) is 12.5. The summed E-state index contributed by atoms with van der Waals surface area (Å²) in [5.41, 5.74) is 2.42. The topological polar surface area (TPSA) is 50.1 Å². The molecule has 0 amide bonds. The summed E-state index contributed by atoms with van der Waals surface area (Å²) in [7, 11) is 0. The van der Waals surface area contributed by atoms with Gasteiger partial charge in [-0.1, -0.05) is 12.1 Å². The molecule has 2 N–H and O–H groups in total. The van der Waals surface area contributed by atoms with Crippen LogP contribution in [0.5, 0.6) is 5.75 Å². The zero-order valence-electron chi connectivity index (χ0n) is 11.5. The number of phenols is 1. The highest BCUT2D eigenvalue weighted by molar-refractivity contribution is 5.26. The average Bonchev–Trinajstić information content (AvgIpc) is 2.78. The van der Waals surface area contributed by atoms with E-state index in [-0.39, 0.29) is 0 Å². The lowest BCUT2D eigenvalue weighted by atomic mass is 10.1. The van der Waals surface area contributed by atoms with Gasteiger partial charge in [0, 0.05) is 18.8 Å². The Morgan fingerprint density at radius 3 is 2.68 bits per heavy atom. The minimum Gasteiger partial charge on any atom is -0.508 e. The van der Waals surface area contributed by atoms with Crippen LogP contribution < -0.4 is 5.32 Å². The van der Waals surface area contributed by atoms with E-state index in [1.54, 1.807) is 12.1 Å². The maximum atomic E-state index is 9.23. The quantitative estimate of drug-likeness (QED) is 0.835. The van der Waals surface area contributed by atoms with Gasteiger partial charge < -0.3 is 10.4 Å². The van der Waals surface area contributed by atoms with Crippen molar-refractivity contribution in [1.82, 2.24) is 15.1 Å². The summed E-state index contributed by atoms with van der Waals surface area (Å²) in [4.78, 5) is 0. The summed E-state index contributed by atoms with van der Waals surface area (Å²) in [6, 6.07) is 7.79. The largest absolute Gasteiger partial charge is 0.508 e. The molecule has 1 aromatic heterocycles. The predicted octanol–water partition coefficient (Wildman–Crippen LogP) is 2.12. The maximum absolute atomic E-state index is 9.23. The van der Waals surface area contributed by atoms with Gasteiger partial charge in [-0.05, 0) is 43.5 Å². The SMILES string of the molecule is Cc1cnn(CCNC(C)Cc2ccc(O)cc2)c1. The van der Waals surface area contributed by atoms with E-state index in [2.05, 4.69) is 17.3 Å². The Bertz CT molecular complexity index is 504. The number of aryl methyl sites for hydroxylation is 1. The van der Waals surface area contributed by atoms with Crippen LogP contribution in [-0.4, -0.2) is 27.5 Å². The maximum Gasteiger partial charge on any atom is 0.115 e. The fourth-order valence-corrected chi connectivity index (χ4v) is 2.07. The zero-order chi connectivity index (χ0) is 13.7. The molecule has 0 radical (unpaired) electrons. The number of aromatic hydroxyl groups is 1. The van der Waals surface area contributed by atoms with Crippen molar-refractivity contribution in [3.63, 3.8) is 0 Å². The van der Waals surface area contributed by atoms with E-state index in [4.69, 9.17) is 0 Å². The number of rotatable bonds is 6. The van der Waals surface area contributed by atoms with Crippen molar-refractivity contribution in [1.29, 1.82) is 0 Å². The third-order valence-electron chi connectivity index (χ3n) is 3.07. The number of hydrogen-bond donors (Lipinski definition) is 2. The Morgan fingerprint density at radius 2 is 2.05 bits per heavy atom. The molecule has 0 bridgehead atoms. The minimum atomic E-state index is 0.318. The second-order valence-corrected chi connectivity index (χ2v) is 5.01. The Balaban J connectivity index is 1.72. The van der Waals surface area contributed by atoms with E-state index in [0.29, 0.717) is 11.8 Å². The van der Waals surface area contributed by atoms with Crippen LogP contribution >= 0.6 is 0 Å². The zero-order valence-corrected chi connectivity index (χ0v) is 11.5. The Hall–Kier alpha value is -1.81. The van der Waals surface area contributed by atoms with E-state index in [9.17, 15) is 5.11 Å². The molecule has 2 rings (SSSR count). The fraction of sp³-hybridized carbons (Fsp3) is 0.400. The third-order valence-corrected chi connectivity index (χ3v) is 3.07. The summed E-state index contributed by atoms with van der Waals surface area (Å²) >= 11 is 0. The number of nitrogens with one attached hydrogen (secondary N) is 1. The van der Waals surface area contributed by atoms with Gasteiger partial charge in [0.1, 0.15) is 5.75 Å². The summed E-state index contributed by atoms with van der Waals surface area (Å²) in [6.45, 7) is 6.00. The summed E-state index contributed by atoms with van der Waals surface area (Å²) < 4.78 is 1.95. The minimum absolute atomic E-state index is 0.318. The lowest BCUT2D eigenvalue weighted by Gasteiger charge is -2.14. The molecular weight excluding hydrogens is 238 g/mol. The molecule has 1 aromatic carbocycles. The molecule has 0 saturated carbocycles. The summed E-state index contributed by atoms with van der Waals surface area (Å²) in [5.74, 6) is 0.318. The van der Waals surface area contributed by atoms with Crippen LogP contribution in [0, 0.1) is 6.92 Å². The van der Waals surface area contributed by atoms with Gasteiger partial charge in [-0.3, -0.25) is 4.68 Å². The highest BCUT2D eigenvalue weighted by Gasteiger charge is 2.03. The van der Waals surface area contributed by atoms with Crippen molar-refractivity contribution in [2.75, 3.05) is 6.54 Å². The van der Waals surface area contributed by atoms with Gasteiger partial charge in [0.05, 0.1) is 12.7 Å². The Labute approximate surface area is 114 Å². The van der Waals surface area contributed by atoms with Gasteiger partial charge in [0.2, 0.25) is 0 Å². The number of hydrogen-bond acceptors (Lipinski definition) is 3. The molecular formula is C15H21N3O. The summed E-state index contributed by atoms with van der Waals surface area (Å²) in [5, 5.41) is 17.0. The molecule has 0 aliphatic heterocycles. The van der Waals surface area contributed by atoms with Crippen molar-refractivity contribution in [2.24, 2.45) is 0 Å². The summed E-state index contributed by atoms with van der Waals surface area (Å²) in [6.07, 6.45) is 4.88. The highest BCUT2D eigenvalue weighted by atomic mass is 16.3. The highest BCUT2D eigenvalue weighted by Crippen LogP contribution is 2.11. The van der Waals surface area contributed by atoms with Crippen LogP contribution in [0.15, 0.2) is 36.7 Å². The molecule has 0 aliphatic rings. The van der Waals surface area contributed by atoms with E-state index in [0.717, 1.165) is 19.5 Å². The molecule has 1 atom stereocenters. The van der Waals surface area contributed by atoms with Crippen molar-refractivity contribution in [3.05, 3.63) is 47.8 Å². The number of nitrogens with zero attached hydrogens (tertiary/aromatic N) is 2. The molecule has 1 heterocycles. The molecule has 102 valence electrons. The lowest BCUT2D eigenvalue weighted by molar-refractivity contribution is 0.474. The van der Waals surface area contributed by atoms with E-state index < -0.39 is 0 Å². The first-order chi connectivity index (χ1) is 9.13. The van der Waals surface area contributed by atoms with Crippen molar-refractivity contribution in [3.8, 4) is 5.75 Å². The number of aromatic nitrogens is 2. The monoisotopic (exact) mass is 259 g/mol. The number of phenolic OH excluding ortho intramolecular Hbond substituents is 1. The molecule has 0 saturated heterocycles. The molecule has 0 aliphatic carbocycles. The Morgan fingerprint density at radius 1 is 1.32 bits per heavy atom. The second-order valence-electron chi connectivity index (χ2n) is 5.01. The first kappa shape index (κ1) is 13.6. The second kappa shape index (κ2) is 6.38. The van der Waals surface area contributed by atoms with Crippen LogP contribution in [0.3, 0.4) is 0 Å². The molecule has 19 heavy (non-hydrogen) atoms. The van der Waals surface area contributed by atoms with Crippen LogP contribution in [0.1, 0.15) is 18.1 Å². The molecule has 4 heteroatoms. The van der Waals surface area contributed by atoms with Gasteiger partial charge in [0.15, 0.2) is 0 Å². The van der Waals surface area contributed by atoms with Crippen molar-refractivity contribution >= 4 is 0 Å². The third kappa shape index (κ3) is 4.41. The van der Waals surface area contributed by atoms with Gasteiger partial charge in [-0.2, -0.15) is 5.10 Å². The van der Waals surface area contributed by atoms with E-state index >= 15 is 0 Å². The van der Waals surface area contributed by atoms with E-state index in [1.807, 2.05) is 36.1 Å².